The van der Waals surface area contributed by atoms with E-state index >= 15 is 0 Å². The lowest BCUT2D eigenvalue weighted by Crippen LogP contribution is -2.27. The van der Waals surface area contributed by atoms with E-state index in [-0.39, 0.29) is 32.1 Å². The normalized spacial score (nSPS) is 11.5. The Kier molecular flexibility index (Phi) is 7.97. The van der Waals surface area contributed by atoms with Crippen molar-refractivity contribution in [3.8, 4) is 0 Å². The molecule has 0 aromatic heterocycles. The maximum atomic E-state index is 12.8. The molecule has 2 N–H and O–H groups in total. The van der Waals surface area contributed by atoms with Gasteiger partial charge >= 0.3 is 0 Å². The third-order valence-electron chi connectivity index (χ3n) is 3.72. The highest BCUT2D eigenvalue weighted by Crippen LogP contribution is 2.30. The van der Waals surface area contributed by atoms with Crippen molar-refractivity contribution in [1.29, 1.82) is 0 Å². The highest BCUT2D eigenvalue weighted by molar-refractivity contribution is 7.92. The van der Waals surface area contributed by atoms with Crippen LogP contribution in [0.3, 0.4) is 0 Å². The van der Waals surface area contributed by atoms with Gasteiger partial charge in [-0.3, -0.25) is 9.52 Å². The minimum Gasteiger partial charge on any atom is -0.352 e. The molecule has 0 bridgehead atoms. The second-order valence-electron chi connectivity index (χ2n) is 6.29. The van der Waals surface area contributed by atoms with Crippen LogP contribution in [-0.2, 0) is 10.0 Å². The van der Waals surface area contributed by atoms with Crippen molar-refractivity contribution >= 4 is 56.4 Å². The van der Waals surface area contributed by atoms with Crippen LogP contribution in [0.25, 0.3) is 0 Å². The van der Waals surface area contributed by atoms with Gasteiger partial charge in [-0.05, 0) is 63.5 Å². The Morgan fingerprint density at radius 2 is 1.71 bits per heavy atom. The summed E-state index contributed by atoms with van der Waals surface area (Å²) in [5.74, 6) is -0.382. The summed E-state index contributed by atoms with van der Waals surface area (Å²) in [6.45, 7) is 1.29. The fraction of sp³-hybridized carbons (Fsp3) is 0.278. The molecule has 152 valence electrons. The van der Waals surface area contributed by atoms with E-state index in [2.05, 4.69) is 10.0 Å². The SMILES string of the molecule is CN(C)CCCNC(=O)c1ccc(Cl)c(S(=O)(=O)Nc2cc(Cl)ccc2Cl)c1. The van der Waals surface area contributed by atoms with Gasteiger partial charge in [0.2, 0.25) is 0 Å². The van der Waals surface area contributed by atoms with Gasteiger partial charge < -0.3 is 10.2 Å². The number of carbonyl (C=O) groups is 1. The van der Waals surface area contributed by atoms with E-state index < -0.39 is 10.0 Å². The van der Waals surface area contributed by atoms with Gasteiger partial charge in [0, 0.05) is 17.1 Å². The molecule has 0 aliphatic carbocycles. The van der Waals surface area contributed by atoms with E-state index in [0.29, 0.717) is 11.6 Å². The quantitative estimate of drug-likeness (QED) is 0.576. The van der Waals surface area contributed by atoms with Crippen LogP contribution < -0.4 is 10.0 Å². The molecule has 0 atom stereocenters. The van der Waals surface area contributed by atoms with Gasteiger partial charge in [-0.2, -0.15) is 0 Å². The highest BCUT2D eigenvalue weighted by Gasteiger charge is 2.21. The predicted octanol–water partition coefficient (Wildman–Crippen LogP) is 4.13. The zero-order valence-corrected chi connectivity index (χ0v) is 18.4. The molecule has 0 unspecified atom stereocenters. The molecule has 0 aliphatic heterocycles. The van der Waals surface area contributed by atoms with Crippen molar-refractivity contribution in [1.82, 2.24) is 10.2 Å². The molecule has 0 saturated carbocycles. The largest absolute Gasteiger partial charge is 0.352 e. The summed E-state index contributed by atoms with van der Waals surface area (Å²) in [6, 6.07) is 8.46. The number of hydrogen-bond donors (Lipinski definition) is 2. The van der Waals surface area contributed by atoms with Gasteiger partial charge in [-0.1, -0.05) is 34.8 Å². The summed E-state index contributed by atoms with van der Waals surface area (Å²) >= 11 is 18.0. The minimum atomic E-state index is -4.09. The molecule has 0 radical (unpaired) electrons. The maximum Gasteiger partial charge on any atom is 0.263 e. The average Bonchev–Trinajstić information content (AvgIpc) is 2.61. The van der Waals surface area contributed by atoms with Crippen LogP contribution in [0.5, 0.6) is 0 Å². The lowest BCUT2D eigenvalue weighted by atomic mass is 10.2. The number of nitrogens with one attached hydrogen (secondary N) is 2. The summed E-state index contributed by atoms with van der Waals surface area (Å²) in [7, 11) is -0.204. The summed E-state index contributed by atoms with van der Waals surface area (Å²) in [6.07, 6.45) is 0.770. The van der Waals surface area contributed by atoms with Gasteiger partial charge in [-0.15, -0.1) is 0 Å². The number of carbonyl (C=O) groups excluding carboxylic acids is 1. The van der Waals surface area contributed by atoms with E-state index in [0.717, 1.165) is 13.0 Å². The first-order chi connectivity index (χ1) is 13.1. The first-order valence-corrected chi connectivity index (χ1v) is 10.9. The number of anilines is 1. The summed E-state index contributed by atoms with van der Waals surface area (Å²) in [5.41, 5.74) is 0.301. The van der Waals surface area contributed by atoms with Crippen molar-refractivity contribution in [3.05, 3.63) is 57.0 Å². The fourth-order valence-corrected chi connectivity index (χ4v) is 4.32. The van der Waals surface area contributed by atoms with Crippen LogP contribution in [0, 0.1) is 0 Å². The smallest absolute Gasteiger partial charge is 0.263 e. The van der Waals surface area contributed by atoms with Crippen molar-refractivity contribution < 1.29 is 13.2 Å². The Labute approximate surface area is 179 Å². The molecule has 2 rings (SSSR count). The van der Waals surface area contributed by atoms with Crippen molar-refractivity contribution in [3.63, 3.8) is 0 Å². The lowest BCUT2D eigenvalue weighted by Gasteiger charge is -2.13. The fourth-order valence-electron chi connectivity index (χ4n) is 2.33. The van der Waals surface area contributed by atoms with Crippen LogP contribution in [0.4, 0.5) is 5.69 Å². The Morgan fingerprint density at radius 3 is 2.39 bits per heavy atom. The third kappa shape index (κ3) is 6.25. The summed E-state index contributed by atoms with van der Waals surface area (Å²) in [4.78, 5) is 14.1. The Hall–Kier alpha value is -1.51. The molecule has 6 nitrogen and oxygen atoms in total. The van der Waals surface area contributed by atoms with Gasteiger partial charge in [-0.25, -0.2) is 8.42 Å². The summed E-state index contributed by atoms with van der Waals surface area (Å²) < 4.78 is 27.9. The molecular weight excluding hydrogens is 445 g/mol. The Balaban J connectivity index is 2.21. The first kappa shape index (κ1) is 22.8. The summed E-state index contributed by atoms with van der Waals surface area (Å²) in [5, 5.41) is 3.24. The van der Waals surface area contributed by atoms with Crippen LogP contribution in [0.2, 0.25) is 15.1 Å². The van der Waals surface area contributed by atoms with Crippen molar-refractivity contribution in [2.75, 3.05) is 31.9 Å². The molecular formula is C18H20Cl3N3O3S. The van der Waals surface area contributed by atoms with Crippen LogP contribution in [-0.4, -0.2) is 46.4 Å². The Morgan fingerprint density at radius 1 is 1.04 bits per heavy atom. The average molecular weight is 465 g/mol. The number of hydrogen-bond acceptors (Lipinski definition) is 4. The molecule has 0 saturated heterocycles. The monoisotopic (exact) mass is 463 g/mol. The minimum absolute atomic E-state index is 0.0187. The molecule has 1 amide bonds. The zero-order valence-electron chi connectivity index (χ0n) is 15.3. The molecule has 10 heteroatoms. The molecule has 28 heavy (non-hydrogen) atoms. The highest BCUT2D eigenvalue weighted by atomic mass is 35.5. The standard InChI is InChI=1S/C18H20Cl3N3O3S/c1-24(2)9-3-8-22-18(25)12-4-6-15(21)17(10-12)28(26,27)23-16-11-13(19)5-7-14(16)20/h4-7,10-11,23H,3,8-9H2,1-2H3,(H,22,25). The van der Waals surface area contributed by atoms with Crippen LogP contribution in [0.1, 0.15) is 16.8 Å². The number of halogens is 3. The van der Waals surface area contributed by atoms with Gasteiger partial charge in [0.1, 0.15) is 4.90 Å². The van der Waals surface area contributed by atoms with Gasteiger partial charge in [0.05, 0.1) is 15.7 Å². The molecule has 0 spiro atoms. The third-order valence-corrected chi connectivity index (χ3v) is 6.14. The number of sulfonamides is 1. The van der Waals surface area contributed by atoms with Crippen molar-refractivity contribution in [2.24, 2.45) is 0 Å². The first-order valence-electron chi connectivity index (χ1n) is 8.30. The van der Waals surface area contributed by atoms with E-state index in [1.807, 2.05) is 19.0 Å². The number of benzene rings is 2. The van der Waals surface area contributed by atoms with Gasteiger partial charge in [0.15, 0.2) is 0 Å². The number of rotatable bonds is 8. The molecule has 0 aliphatic rings. The lowest BCUT2D eigenvalue weighted by molar-refractivity contribution is 0.0952. The van der Waals surface area contributed by atoms with Gasteiger partial charge in [0.25, 0.3) is 15.9 Å². The molecule has 0 heterocycles. The van der Waals surface area contributed by atoms with Crippen molar-refractivity contribution in [2.45, 2.75) is 11.3 Å². The van der Waals surface area contributed by atoms with E-state index in [9.17, 15) is 13.2 Å². The maximum absolute atomic E-state index is 12.8. The molecule has 0 fully saturated rings. The van der Waals surface area contributed by atoms with E-state index in [4.69, 9.17) is 34.8 Å². The predicted molar refractivity (Wildman–Crippen MR) is 114 cm³/mol. The second kappa shape index (κ2) is 9.80. The van der Waals surface area contributed by atoms with E-state index in [1.54, 1.807) is 0 Å². The Bertz CT molecular complexity index is 966. The molecule has 2 aromatic carbocycles. The molecule has 2 aromatic rings. The number of amides is 1. The van der Waals surface area contributed by atoms with Crippen LogP contribution in [0.15, 0.2) is 41.3 Å². The zero-order chi connectivity index (χ0) is 20.9. The number of nitrogens with zero attached hydrogens (tertiary/aromatic N) is 1. The van der Waals surface area contributed by atoms with E-state index in [1.165, 1.54) is 36.4 Å². The topological polar surface area (TPSA) is 78.5 Å². The van der Waals surface area contributed by atoms with Crippen LogP contribution >= 0.6 is 34.8 Å². The second-order valence-corrected chi connectivity index (χ2v) is 9.19.